The number of fused-ring (bicyclic) bond motifs is 1. The van der Waals surface area contributed by atoms with E-state index in [1.807, 2.05) is 0 Å². The number of alkyl halides is 3. The Morgan fingerprint density at radius 2 is 1.84 bits per heavy atom. The molecule has 10 nitrogen and oxygen atoms in total. The molecule has 0 saturated heterocycles. The molecule has 1 aromatic carbocycles. The molecule has 4 rings (SSSR count). The van der Waals surface area contributed by atoms with Gasteiger partial charge in [-0.25, -0.2) is 4.39 Å². The van der Waals surface area contributed by atoms with Gasteiger partial charge in [0, 0.05) is 56.0 Å². The Hall–Kier alpha value is -3.81. The third kappa shape index (κ3) is 6.31. The van der Waals surface area contributed by atoms with Gasteiger partial charge >= 0.3 is 6.36 Å². The monoisotopic (exact) mass is 525 g/mol. The number of hydrogen-bond donors (Lipinski definition) is 3. The van der Waals surface area contributed by atoms with E-state index in [1.165, 1.54) is 6.07 Å². The maximum absolute atomic E-state index is 13.9. The fourth-order valence-electron chi connectivity index (χ4n) is 4.39. The van der Waals surface area contributed by atoms with Crippen molar-refractivity contribution < 1.29 is 31.9 Å². The summed E-state index contributed by atoms with van der Waals surface area (Å²) in [5, 5.41) is 4.44. The second-order valence-corrected chi connectivity index (χ2v) is 8.81. The average molecular weight is 526 g/mol. The van der Waals surface area contributed by atoms with Gasteiger partial charge in [-0.3, -0.25) is 20.1 Å². The van der Waals surface area contributed by atoms with Gasteiger partial charge in [-0.15, -0.1) is 13.2 Å². The number of halogens is 4. The fourth-order valence-corrected chi connectivity index (χ4v) is 4.39. The summed E-state index contributed by atoms with van der Waals surface area (Å²) >= 11 is 0. The highest BCUT2D eigenvalue weighted by Gasteiger charge is 2.32. The molecule has 14 heteroatoms. The fraction of sp³-hybridized carbons (Fsp3) is 0.435. The highest BCUT2D eigenvalue weighted by Crippen LogP contribution is 2.26. The lowest BCUT2D eigenvalue weighted by molar-refractivity contribution is -0.275. The quantitative estimate of drug-likeness (QED) is 0.295. The minimum Gasteiger partial charge on any atom is -0.403 e. The molecule has 0 radical (unpaired) electrons. The molecule has 0 aliphatic carbocycles. The first-order valence-corrected chi connectivity index (χ1v) is 11.7. The van der Waals surface area contributed by atoms with Gasteiger partial charge in [0.1, 0.15) is 0 Å². The normalized spacial score (nSPS) is 16.4. The van der Waals surface area contributed by atoms with Gasteiger partial charge < -0.3 is 25.7 Å². The van der Waals surface area contributed by atoms with E-state index in [4.69, 9.17) is 11.6 Å². The Labute approximate surface area is 209 Å². The van der Waals surface area contributed by atoms with Crippen LogP contribution in [-0.2, 0) is 24.2 Å². The van der Waals surface area contributed by atoms with Crippen LogP contribution in [0.5, 0.6) is 5.75 Å². The average Bonchev–Trinajstić information content (AvgIpc) is 3.15. The van der Waals surface area contributed by atoms with Crippen LogP contribution in [0.3, 0.4) is 0 Å². The first kappa shape index (κ1) is 26.3. The zero-order valence-corrected chi connectivity index (χ0v) is 19.9. The van der Waals surface area contributed by atoms with Crippen molar-refractivity contribution in [1.82, 2.24) is 25.0 Å². The minimum absolute atomic E-state index is 0.0640. The summed E-state index contributed by atoms with van der Waals surface area (Å²) in [6, 6.07) is 4.85. The molecule has 3 heterocycles. The van der Waals surface area contributed by atoms with Crippen LogP contribution in [0.1, 0.15) is 34.6 Å². The summed E-state index contributed by atoms with van der Waals surface area (Å²) in [6.45, 7) is 1.90. The van der Waals surface area contributed by atoms with Crippen molar-refractivity contribution in [1.29, 1.82) is 0 Å². The Bertz CT molecular complexity index is 1190. The zero-order valence-electron chi connectivity index (χ0n) is 19.9. The lowest BCUT2D eigenvalue weighted by Gasteiger charge is -2.28. The van der Waals surface area contributed by atoms with E-state index >= 15 is 0 Å². The van der Waals surface area contributed by atoms with Crippen LogP contribution in [0.2, 0.25) is 0 Å². The number of rotatable bonds is 6. The topological polar surface area (TPSA) is 132 Å². The van der Waals surface area contributed by atoms with Crippen LogP contribution in [0, 0.1) is 5.82 Å². The molecule has 0 unspecified atom stereocenters. The number of benzene rings is 1. The van der Waals surface area contributed by atoms with E-state index in [0.717, 1.165) is 17.8 Å². The summed E-state index contributed by atoms with van der Waals surface area (Å²) in [6.07, 6.45) is -3.74. The van der Waals surface area contributed by atoms with Gasteiger partial charge in [0.15, 0.2) is 17.3 Å². The van der Waals surface area contributed by atoms with Crippen molar-refractivity contribution in [2.75, 3.05) is 26.2 Å². The lowest BCUT2D eigenvalue weighted by atomic mass is 10.1. The summed E-state index contributed by atoms with van der Waals surface area (Å²) in [4.78, 5) is 28.9. The molecule has 0 spiro atoms. The highest BCUT2D eigenvalue weighted by atomic mass is 19.4. The van der Waals surface area contributed by atoms with Crippen LogP contribution >= 0.6 is 0 Å². The molecule has 2 aliphatic rings. The maximum Gasteiger partial charge on any atom is 0.573 e. The van der Waals surface area contributed by atoms with Crippen molar-refractivity contribution in [3.8, 4) is 5.75 Å². The molecule has 37 heavy (non-hydrogen) atoms. The van der Waals surface area contributed by atoms with E-state index in [1.54, 1.807) is 20.5 Å². The summed E-state index contributed by atoms with van der Waals surface area (Å²) in [5.41, 5.74) is 11.3. The number of aromatic nitrogens is 2. The largest absolute Gasteiger partial charge is 0.573 e. The molecular formula is C23H27F4N7O3. The van der Waals surface area contributed by atoms with Crippen LogP contribution in [0.15, 0.2) is 35.7 Å². The summed E-state index contributed by atoms with van der Waals surface area (Å²) < 4.78 is 56.2. The number of aryl methyl sites for hydroxylation is 1. The molecular weight excluding hydrogens is 498 g/mol. The SMILES string of the molecule is NNC1=C(N)CN(C(=O)c2cc3n(n2)CCN(C(=O)CCc2ccc(OC(F)(F)F)c(F)c2)CC3)CC1. The number of carbonyl (C=O) groups is 2. The number of ether oxygens (including phenoxy) is 1. The van der Waals surface area contributed by atoms with Gasteiger partial charge in [-0.2, -0.15) is 5.10 Å². The van der Waals surface area contributed by atoms with Gasteiger partial charge in [0.25, 0.3) is 5.91 Å². The number of nitrogens with two attached hydrogens (primary N) is 2. The molecule has 5 N–H and O–H groups in total. The molecule has 0 atom stereocenters. The summed E-state index contributed by atoms with van der Waals surface area (Å²) in [5.74, 6) is 2.97. The number of nitrogens with zero attached hydrogens (tertiary/aromatic N) is 4. The predicted molar refractivity (Wildman–Crippen MR) is 123 cm³/mol. The lowest BCUT2D eigenvalue weighted by Crippen LogP contribution is -2.42. The van der Waals surface area contributed by atoms with E-state index in [9.17, 15) is 27.2 Å². The van der Waals surface area contributed by atoms with Gasteiger partial charge in [-0.05, 0) is 30.2 Å². The smallest absolute Gasteiger partial charge is 0.403 e. The Morgan fingerprint density at radius 1 is 1.08 bits per heavy atom. The Balaban J connectivity index is 1.31. The van der Waals surface area contributed by atoms with Crippen molar-refractivity contribution in [2.45, 2.75) is 38.6 Å². The third-order valence-electron chi connectivity index (χ3n) is 6.35. The predicted octanol–water partition coefficient (Wildman–Crippen LogP) is 1.42. The molecule has 0 saturated carbocycles. The second-order valence-electron chi connectivity index (χ2n) is 8.81. The van der Waals surface area contributed by atoms with E-state index < -0.39 is 17.9 Å². The van der Waals surface area contributed by atoms with Crippen molar-refractivity contribution >= 4 is 11.8 Å². The summed E-state index contributed by atoms with van der Waals surface area (Å²) in [7, 11) is 0. The number of hydrazine groups is 1. The Morgan fingerprint density at radius 3 is 2.51 bits per heavy atom. The molecule has 0 bridgehead atoms. The van der Waals surface area contributed by atoms with Gasteiger partial charge in [0.05, 0.1) is 13.1 Å². The van der Waals surface area contributed by atoms with Crippen molar-refractivity contribution in [2.24, 2.45) is 11.6 Å². The van der Waals surface area contributed by atoms with Gasteiger partial charge in [-0.1, -0.05) is 6.07 Å². The number of amides is 2. The first-order valence-electron chi connectivity index (χ1n) is 11.7. The number of hydrogen-bond acceptors (Lipinski definition) is 7. The van der Waals surface area contributed by atoms with Gasteiger partial charge in [0.2, 0.25) is 5.91 Å². The maximum atomic E-state index is 13.9. The molecule has 0 fully saturated rings. The Kier molecular flexibility index (Phi) is 7.57. The van der Waals surface area contributed by atoms with E-state index in [0.29, 0.717) is 61.7 Å². The molecule has 2 aliphatic heterocycles. The number of carbonyl (C=O) groups excluding carboxylic acids is 2. The van der Waals surface area contributed by atoms with Crippen LogP contribution in [0.4, 0.5) is 17.6 Å². The van der Waals surface area contributed by atoms with Crippen molar-refractivity contribution in [3.63, 3.8) is 0 Å². The molecule has 200 valence electrons. The number of nitrogens with one attached hydrogen (secondary N) is 1. The first-order chi connectivity index (χ1) is 17.5. The van der Waals surface area contributed by atoms with Crippen LogP contribution in [-0.4, -0.2) is 63.9 Å². The van der Waals surface area contributed by atoms with E-state index in [-0.39, 0.29) is 31.2 Å². The standard InChI is InChI=1S/C23H27F4N7O3/c24-16-11-14(1-3-20(16)37-23(25,26)27)2-4-21(35)32-7-5-15-12-19(31-34(15)10-9-32)22(36)33-8-6-18(30-29)17(28)13-33/h1,3,11-12,30H,2,4-10,13,28-29H2. The minimum atomic E-state index is -4.99. The van der Waals surface area contributed by atoms with Crippen LogP contribution < -0.4 is 21.7 Å². The van der Waals surface area contributed by atoms with E-state index in [2.05, 4.69) is 15.3 Å². The third-order valence-corrected chi connectivity index (χ3v) is 6.35. The second kappa shape index (κ2) is 10.7. The highest BCUT2D eigenvalue weighted by molar-refractivity contribution is 5.92. The van der Waals surface area contributed by atoms with Crippen molar-refractivity contribution in [3.05, 3.63) is 58.4 Å². The molecule has 2 aromatic rings. The molecule has 1 aromatic heterocycles. The van der Waals surface area contributed by atoms with Crippen LogP contribution in [0.25, 0.3) is 0 Å². The zero-order chi connectivity index (χ0) is 26.7. The molecule has 2 amide bonds.